The van der Waals surface area contributed by atoms with E-state index >= 15 is 0 Å². The Labute approximate surface area is 129 Å². The molecule has 0 aromatic carbocycles. The molecule has 118 valence electrons. The standard InChI is InChI=1S/C15H21N5O2/c1-4-15(13(21)22-3)6-5-7-20(9-15)14-16-8-11-12(18-14)19(2)10-17-11/h8,10H,4-7,9H2,1-3H3. The third kappa shape index (κ3) is 2.30. The Hall–Kier alpha value is -2.18. The lowest BCUT2D eigenvalue weighted by molar-refractivity contribution is -0.153. The van der Waals surface area contributed by atoms with E-state index < -0.39 is 5.41 Å². The maximum absolute atomic E-state index is 12.2. The van der Waals surface area contributed by atoms with Crippen LogP contribution < -0.4 is 4.90 Å². The van der Waals surface area contributed by atoms with Crippen LogP contribution in [-0.2, 0) is 16.6 Å². The minimum absolute atomic E-state index is 0.138. The highest BCUT2D eigenvalue weighted by atomic mass is 16.5. The number of carbonyl (C=O) groups is 1. The molecule has 1 fully saturated rings. The summed E-state index contributed by atoms with van der Waals surface area (Å²) in [5.41, 5.74) is 1.12. The maximum atomic E-state index is 12.2. The molecule has 0 radical (unpaired) electrons. The molecule has 0 saturated carbocycles. The number of anilines is 1. The van der Waals surface area contributed by atoms with E-state index in [1.54, 1.807) is 12.5 Å². The average molecular weight is 303 g/mol. The van der Waals surface area contributed by atoms with Crippen molar-refractivity contribution in [3.05, 3.63) is 12.5 Å². The second kappa shape index (κ2) is 5.55. The average Bonchev–Trinajstić information content (AvgIpc) is 2.94. The molecule has 0 amide bonds. The summed E-state index contributed by atoms with van der Waals surface area (Å²) in [6, 6.07) is 0. The number of aromatic nitrogens is 4. The van der Waals surface area contributed by atoms with Gasteiger partial charge in [-0.15, -0.1) is 0 Å². The van der Waals surface area contributed by atoms with E-state index in [1.807, 2.05) is 18.5 Å². The number of carbonyl (C=O) groups excluding carboxylic acids is 1. The van der Waals surface area contributed by atoms with Gasteiger partial charge in [0.05, 0.1) is 25.0 Å². The minimum atomic E-state index is -0.461. The van der Waals surface area contributed by atoms with E-state index in [4.69, 9.17) is 4.74 Å². The van der Waals surface area contributed by atoms with E-state index in [2.05, 4.69) is 19.9 Å². The third-order valence-electron chi connectivity index (χ3n) is 4.60. The number of methoxy groups -OCH3 is 1. The first kappa shape index (κ1) is 14.7. The Kier molecular flexibility index (Phi) is 3.72. The number of piperidine rings is 1. The predicted octanol–water partition coefficient (Wildman–Crippen LogP) is 1.53. The van der Waals surface area contributed by atoms with Crippen LogP contribution in [0.5, 0.6) is 0 Å². The fraction of sp³-hybridized carbons (Fsp3) is 0.600. The highest BCUT2D eigenvalue weighted by Crippen LogP contribution is 2.35. The van der Waals surface area contributed by atoms with Crippen LogP contribution in [0.1, 0.15) is 26.2 Å². The number of aryl methyl sites for hydroxylation is 1. The molecule has 0 aliphatic carbocycles. The fourth-order valence-electron chi connectivity index (χ4n) is 3.18. The van der Waals surface area contributed by atoms with Crippen LogP contribution in [0.15, 0.2) is 12.5 Å². The summed E-state index contributed by atoms with van der Waals surface area (Å²) in [6.45, 7) is 3.48. The first-order valence-electron chi connectivity index (χ1n) is 7.57. The summed E-state index contributed by atoms with van der Waals surface area (Å²) in [6.07, 6.45) is 5.99. The van der Waals surface area contributed by atoms with E-state index in [9.17, 15) is 4.79 Å². The van der Waals surface area contributed by atoms with Gasteiger partial charge in [0.25, 0.3) is 0 Å². The van der Waals surface area contributed by atoms with E-state index in [0.717, 1.165) is 37.0 Å². The Morgan fingerprint density at radius 2 is 2.27 bits per heavy atom. The van der Waals surface area contributed by atoms with Crippen molar-refractivity contribution >= 4 is 23.1 Å². The van der Waals surface area contributed by atoms with E-state index in [1.165, 1.54) is 7.11 Å². The van der Waals surface area contributed by atoms with Gasteiger partial charge in [-0.25, -0.2) is 9.97 Å². The van der Waals surface area contributed by atoms with Crippen LogP contribution in [0, 0.1) is 5.41 Å². The van der Waals surface area contributed by atoms with Gasteiger partial charge in [-0.1, -0.05) is 6.92 Å². The third-order valence-corrected chi connectivity index (χ3v) is 4.60. The number of fused-ring (bicyclic) bond motifs is 1. The van der Waals surface area contributed by atoms with Gasteiger partial charge in [-0.3, -0.25) is 4.79 Å². The van der Waals surface area contributed by atoms with Crippen molar-refractivity contribution in [2.45, 2.75) is 26.2 Å². The van der Waals surface area contributed by atoms with Crippen LogP contribution in [-0.4, -0.2) is 45.7 Å². The molecule has 1 aliphatic rings. The number of ether oxygens (including phenoxy) is 1. The molecule has 3 rings (SSSR count). The Bertz CT molecular complexity index is 698. The van der Waals surface area contributed by atoms with E-state index in [0.29, 0.717) is 12.5 Å². The SMILES string of the molecule is CCC1(C(=O)OC)CCCN(c2ncc3ncn(C)c3n2)C1. The summed E-state index contributed by atoms with van der Waals surface area (Å²) in [5.74, 6) is 0.513. The van der Waals surface area contributed by atoms with Gasteiger partial charge in [0.1, 0.15) is 5.52 Å². The molecule has 7 heteroatoms. The monoisotopic (exact) mass is 303 g/mol. The van der Waals surface area contributed by atoms with Crippen LogP contribution >= 0.6 is 0 Å². The van der Waals surface area contributed by atoms with Gasteiger partial charge in [0, 0.05) is 20.1 Å². The number of rotatable bonds is 3. The molecule has 2 aromatic heterocycles. The number of hydrogen-bond acceptors (Lipinski definition) is 6. The lowest BCUT2D eigenvalue weighted by atomic mass is 9.77. The zero-order chi connectivity index (χ0) is 15.7. The van der Waals surface area contributed by atoms with Gasteiger partial charge in [-0.2, -0.15) is 4.98 Å². The quantitative estimate of drug-likeness (QED) is 0.801. The number of hydrogen-bond donors (Lipinski definition) is 0. The van der Waals surface area contributed by atoms with Crippen molar-refractivity contribution in [2.24, 2.45) is 12.5 Å². The van der Waals surface area contributed by atoms with Crippen LogP contribution in [0.25, 0.3) is 11.2 Å². The van der Waals surface area contributed by atoms with Crippen LogP contribution in [0.2, 0.25) is 0 Å². The number of esters is 1. The van der Waals surface area contributed by atoms with Gasteiger partial charge in [0.2, 0.25) is 5.95 Å². The van der Waals surface area contributed by atoms with Crippen molar-refractivity contribution in [3.63, 3.8) is 0 Å². The first-order valence-corrected chi connectivity index (χ1v) is 7.57. The molecule has 1 saturated heterocycles. The maximum Gasteiger partial charge on any atom is 0.313 e. The lowest BCUT2D eigenvalue weighted by Gasteiger charge is -2.40. The second-order valence-corrected chi connectivity index (χ2v) is 5.88. The van der Waals surface area contributed by atoms with Gasteiger partial charge >= 0.3 is 5.97 Å². The summed E-state index contributed by atoms with van der Waals surface area (Å²) >= 11 is 0. The van der Waals surface area contributed by atoms with Crippen LogP contribution in [0.3, 0.4) is 0 Å². The predicted molar refractivity (Wildman–Crippen MR) is 82.5 cm³/mol. The smallest absolute Gasteiger partial charge is 0.313 e. The summed E-state index contributed by atoms with van der Waals surface area (Å²) in [7, 11) is 3.37. The van der Waals surface area contributed by atoms with Gasteiger partial charge in [-0.05, 0) is 19.3 Å². The molecule has 0 N–H and O–H groups in total. The van der Waals surface area contributed by atoms with Gasteiger partial charge in [0.15, 0.2) is 5.65 Å². The highest BCUT2D eigenvalue weighted by molar-refractivity contribution is 5.78. The van der Waals surface area contributed by atoms with E-state index in [-0.39, 0.29) is 5.97 Å². The number of nitrogens with zero attached hydrogens (tertiary/aromatic N) is 5. The first-order chi connectivity index (χ1) is 10.6. The molecule has 1 unspecified atom stereocenters. The molecule has 3 heterocycles. The molecule has 0 spiro atoms. The molecule has 0 bridgehead atoms. The Balaban J connectivity index is 1.92. The van der Waals surface area contributed by atoms with Crippen LogP contribution in [0.4, 0.5) is 5.95 Å². The van der Waals surface area contributed by atoms with Crippen molar-refractivity contribution in [2.75, 3.05) is 25.1 Å². The number of imidazole rings is 1. The Morgan fingerprint density at radius 3 is 3.00 bits per heavy atom. The zero-order valence-electron chi connectivity index (χ0n) is 13.2. The zero-order valence-corrected chi connectivity index (χ0v) is 13.2. The minimum Gasteiger partial charge on any atom is -0.469 e. The van der Waals surface area contributed by atoms with Gasteiger partial charge < -0.3 is 14.2 Å². The summed E-state index contributed by atoms with van der Waals surface area (Å²) in [5, 5.41) is 0. The molecular weight excluding hydrogens is 282 g/mol. The molecule has 1 aliphatic heterocycles. The second-order valence-electron chi connectivity index (χ2n) is 5.88. The molecule has 1 atom stereocenters. The molecular formula is C15H21N5O2. The molecule has 2 aromatic rings. The fourth-order valence-corrected chi connectivity index (χ4v) is 3.18. The summed E-state index contributed by atoms with van der Waals surface area (Å²) in [4.78, 5) is 27.6. The highest BCUT2D eigenvalue weighted by Gasteiger charge is 2.42. The van der Waals surface area contributed by atoms with Crippen molar-refractivity contribution in [3.8, 4) is 0 Å². The van der Waals surface area contributed by atoms with Crippen molar-refractivity contribution in [1.82, 2.24) is 19.5 Å². The topological polar surface area (TPSA) is 73.1 Å². The lowest BCUT2D eigenvalue weighted by Crippen LogP contribution is -2.48. The molecule has 22 heavy (non-hydrogen) atoms. The molecule has 7 nitrogen and oxygen atoms in total. The van der Waals surface area contributed by atoms with Crippen molar-refractivity contribution in [1.29, 1.82) is 0 Å². The summed E-state index contributed by atoms with van der Waals surface area (Å²) < 4.78 is 6.90. The van der Waals surface area contributed by atoms with Crippen molar-refractivity contribution < 1.29 is 9.53 Å². The Morgan fingerprint density at radius 1 is 1.45 bits per heavy atom. The normalized spacial score (nSPS) is 22.0. The largest absolute Gasteiger partial charge is 0.469 e.